The predicted molar refractivity (Wildman–Crippen MR) is 82.8 cm³/mol. The number of aryl methyl sites for hydroxylation is 1. The van der Waals surface area contributed by atoms with Gasteiger partial charge in [-0.2, -0.15) is 0 Å². The minimum atomic E-state index is -0.0380. The second kappa shape index (κ2) is 6.09. The first kappa shape index (κ1) is 14.6. The molecule has 0 saturated carbocycles. The number of hydrogen-bond donors (Lipinski definition) is 1. The van der Waals surface area contributed by atoms with Gasteiger partial charge in [0.15, 0.2) is 0 Å². The zero-order chi connectivity index (χ0) is 14.7. The number of phenols is 1. The number of carbonyl (C=O) groups is 1. The van der Waals surface area contributed by atoms with Gasteiger partial charge in [-0.1, -0.05) is 28.1 Å². The number of rotatable bonds is 3. The number of benzene rings is 2. The summed E-state index contributed by atoms with van der Waals surface area (Å²) >= 11 is 3.42. The van der Waals surface area contributed by atoms with Gasteiger partial charge in [-0.25, -0.2) is 0 Å². The molecule has 0 unspecified atom stereocenters. The molecule has 0 atom stereocenters. The Morgan fingerprint density at radius 1 is 1.25 bits per heavy atom. The minimum absolute atomic E-state index is 0.0380. The zero-order valence-electron chi connectivity index (χ0n) is 11.4. The van der Waals surface area contributed by atoms with E-state index >= 15 is 0 Å². The highest BCUT2D eigenvalue weighted by molar-refractivity contribution is 9.10. The molecule has 0 aliphatic heterocycles. The van der Waals surface area contributed by atoms with Crippen LogP contribution in [0.3, 0.4) is 0 Å². The topological polar surface area (TPSA) is 40.5 Å². The largest absolute Gasteiger partial charge is 0.508 e. The van der Waals surface area contributed by atoms with Crippen molar-refractivity contribution in [3.8, 4) is 5.75 Å². The third-order valence-electron chi connectivity index (χ3n) is 3.08. The Balaban J connectivity index is 2.14. The molecule has 0 spiro atoms. The smallest absolute Gasteiger partial charge is 0.253 e. The first-order valence-electron chi connectivity index (χ1n) is 6.27. The van der Waals surface area contributed by atoms with E-state index in [1.807, 2.05) is 25.1 Å². The van der Waals surface area contributed by atoms with E-state index in [2.05, 4.69) is 15.9 Å². The molecule has 20 heavy (non-hydrogen) atoms. The summed E-state index contributed by atoms with van der Waals surface area (Å²) in [5.74, 6) is 0.173. The van der Waals surface area contributed by atoms with Crippen LogP contribution in [0.15, 0.2) is 46.9 Å². The van der Waals surface area contributed by atoms with E-state index in [-0.39, 0.29) is 11.7 Å². The van der Waals surface area contributed by atoms with E-state index in [1.165, 1.54) is 0 Å². The molecule has 1 N–H and O–H groups in total. The molecule has 104 valence electrons. The van der Waals surface area contributed by atoms with Crippen LogP contribution in [0.1, 0.15) is 21.5 Å². The van der Waals surface area contributed by atoms with E-state index in [0.29, 0.717) is 12.1 Å². The Morgan fingerprint density at radius 3 is 2.65 bits per heavy atom. The van der Waals surface area contributed by atoms with Crippen LogP contribution in [-0.4, -0.2) is 23.0 Å². The minimum Gasteiger partial charge on any atom is -0.508 e. The van der Waals surface area contributed by atoms with Crippen LogP contribution in [0.5, 0.6) is 5.75 Å². The Kier molecular flexibility index (Phi) is 4.45. The predicted octanol–water partition coefficient (Wildman–Crippen LogP) is 3.74. The lowest BCUT2D eigenvalue weighted by atomic mass is 10.1. The first-order chi connectivity index (χ1) is 9.47. The molecule has 2 aromatic rings. The van der Waals surface area contributed by atoms with Crippen LogP contribution in [-0.2, 0) is 6.54 Å². The monoisotopic (exact) mass is 333 g/mol. The highest BCUT2D eigenvalue weighted by atomic mass is 79.9. The van der Waals surface area contributed by atoms with Crippen molar-refractivity contribution in [1.82, 2.24) is 4.90 Å². The standard InChI is InChI=1S/C16H16BrNO2/c1-11-8-13(6-7-15(11)17)16(20)18(2)10-12-4-3-5-14(19)9-12/h3-9,19H,10H2,1-2H3. The Hall–Kier alpha value is -1.81. The molecule has 2 rings (SSSR count). The highest BCUT2D eigenvalue weighted by Crippen LogP contribution is 2.19. The number of phenolic OH excluding ortho intramolecular Hbond substituents is 1. The summed E-state index contributed by atoms with van der Waals surface area (Å²) in [4.78, 5) is 14.0. The maximum atomic E-state index is 12.3. The first-order valence-corrected chi connectivity index (χ1v) is 7.06. The average molecular weight is 334 g/mol. The maximum absolute atomic E-state index is 12.3. The molecule has 0 aromatic heterocycles. The van der Waals surface area contributed by atoms with Crippen LogP contribution in [0, 0.1) is 6.92 Å². The van der Waals surface area contributed by atoms with Crippen molar-refractivity contribution >= 4 is 21.8 Å². The fourth-order valence-electron chi connectivity index (χ4n) is 2.00. The second-order valence-electron chi connectivity index (χ2n) is 4.80. The molecule has 0 saturated heterocycles. The van der Waals surface area contributed by atoms with Crippen molar-refractivity contribution in [3.63, 3.8) is 0 Å². The second-order valence-corrected chi connectivity index (χ2v) is 5.65. The summed E-state index contributed by atoms with van der Waals surface area (Å²) in [6.07, 6.45) is 0. The quantitative estimate of drug-likeness (QED) is 0.929. The normalized spacial score (nSPS) is 10.3. The van der Waals surface area contributed by atoms with Crippen LogP contribution < -0.4 is 0 Å². The Labute approximate surface area is 127 Å². The van der Waals surface area contributed by atoms with Gasteiger partial charge in [0.25, 0.3) is 5.91 Å². The van der Waals surface area contributed by atoms with Gasteiger partial charge in [0.1, 0.15) is 5.75 Å². The molecule has 0 aliphatic rings. The number of halogens is 1. The van der Waals surface area contributed by atoms with Crippen LogP contribution in [0.2, 0.25) is 0 Å². The fraction of sp³-hybridized carbons (Fsp3) is 0.188. The molecule has 0 bridgehead atoms. The Morgan fingerprint density at radius 2 is 2.00 bits per heavy atom. The third kappa shape index (κ3) is 3.39. The Bertz CT molecular complexity index is 640. The summed E-state index contributed by atoms with van der Waals surface area (Å²) < 4.78 is 0.990. The molecule has 0 fully saturated rings. The lowest BCUT2D eigenvalue weighted by Gasteiger charge is -2.18. The number of aromatic hydroxyl groups is 1. The molecular weight excluding hydrogens is 318 g/mol. The van der Waals surface area contributed by atoms with Crippen LogP contribution in [0.25, 0.3) is 0 Å². The van der Waals surface area contributed by atoms with Crippen LogP contribution in [0.4, 0.5) is 0 Å². The summed E-state index contributed by atoms with van der Waals surface area (Å²) in [7, 11) is 1.75. The lowest BCUT2D eigenvalue weighted by Crippen LogP contribution is -2.26. The van der Waals surface area contributed by atoms with Crippen molar-refractivity contribution in [2.24, 2.45) is 0 Å². The number of amides is 1. The van der Waals surface area contributed by atoms with E-state index < -0.39 is 0 Å². The molecule has 4 heteroatoms. The van der Waals surface area contributed by atoms with E-state index in [0.717, 1.165) is 15.6 Å². The maximum Gasteiger partial charge on any atom is 0.253 e. The van der Waals surface area contributed by atoms with Crippen molar-refractivity contribution in [2.45, 2.75) is 13.5 Å². The van der Waals surface area contributed by atoms with Gasteiger partial charge < -0.3 is 10.0 Å². The van der Waals surface area contributed by atoms with Gasteiger partial charge in [-0.05, 0) is 48.4 Å². The number of nitrogens with zero attached hydrogens (tertiary/aromatic N) is 1. The van der Waals surface area contributed by atoms with Gasteiger partial charge in [0, 0.05) is 23.6 Å². The molecule has 1 amide bonds. The van der Waals surface area contributed by atoms with Crippen molar-refractivity contribution in [2.75, 3.05) is 7.05 Å². The molecule has 0 radical (unpaired) electrons. The molecule has 0 aliphatic carbocycles. The van der Waals surface area contributed by atoms with Crippen molar-refractivity contribution < 1.29 is 9.90 Å². The number of hydrogen-bond acceptors (Lipinski definition) is 2. The molecular formula is C16H16BrNO2. The van der Waals surface area contributed by atoms with Gasteiger partial charge in [0.05, 0.1) is 0 Å². The van der Waals surface area contributed by atoms with Crippen molar-refractivity contribution in [3.05, 3.63) is 63.6 Å². The molecule has 3 nitrogen and oxygen atoms in total. The van der Waals surface area contributed by atoms with Gasteiger partial charge in [-0.3, -0.25) is 4.79 Å². The van der Waals surface area contributed by atoms with Crippen LogP contribution >= 0.6 is 15.9 Å². The number of carbonyl (C=O) groups excluding carboxylic acids is 1. The van der Waals surface area contributed by atoms with E-state index in [4.69, 9.17) is 0 Å². The highest BCUT2D eigenvalue weighted by Gasteiger charge is 2.13. The SMILES string of the molecule is Cc1cc(C(=O)N(C)Cc2cccc(O)c2)ccc1Br. The summed E-state index contributed by atoms with van der Waals surface area (Å²) in [5.41, 5.74) is 2.59. The molecule has 0 heterocycles. The van der Waals surface area contributed by atoms with Gasteiger partial charge in [0.2, 0.25) is 0 Å². The summed E-state index contributed by atoms with van der Waals surface area (Å²) in [5, 5.41) is 9.44. The summed E-state index contributed by atoms with van der Waals surface area (Å²) in [6.45, 7) is 2.42. The summed E-state index contributed by atoms with van der Waals surface area (Å²) in [6, 6.07) is 12.5. The van der Waals surface area contributed by atoms with Crippen molar-refractivity contribution in [1.29, 1.82) is 0 Å². The van der Waals surface area contributed by atoms with E-state index in [1.54, 1.807) is 36.2 Å². The van der Waals surface area contributed by atoms with Gasteiger partial charge >= 0.3 is 0 Å². The van der Waals surface area contributed by atoms with E-state index in [9.17, 15) is 9.90 Å². The zero-order valence-corrected chi connectivity index (χ0v) is 13.0. The van der Waals surface area contributed by atoms with Gasteiger partial charge in [-0.15, -0.1) is 0 Å². The third-order valence-corrected chi connectivity index (χ3v) is 3.97. The average Bonchev–Trinajstić information content (AvgIpc) is 2.41. The fourth-order valence-corrected chi connectivity index (χ4v) is 2.25. The lowest BCUT2D eigenvalue weighted by molar-refractivity contribution is 0.0785. The molecule has 2 aromatic carbocycles.